The smallest absolute Gasteiger partial charge is 0.191 e. The molecule has 0 radical (unpaired) electrons. The highest BCUT2D eigenvalue weighted by molar-refractivity contribution is 14.0. The maximum Gasteiger partial charge on any atom is 0.191 e. The molecule has 164 valence electrons. The van der Waals surface area contributed by atoms with E-state index in [-0.39, 0.29) is 29.4 Å². The van der Waals surface area contributed by atoms with Crippen LogP contribution in [-0.4, -0.2) is 70.5 Å². The van der Waals surface area contributed by atoms with Crippen molar-refractivity contribution in [2.75, 3.05) is 59.6 Å². The molecule has 0 atom stereocenters. The minimum Gasteiger partial charge on any atom is -0.496 e. The van der Waals surface area contributed by atoms with Gasteiger partial charge in [-0.05, 0) is 25.8 Å². The van der Waals surface area contributed by atoms with Gasteiger partial charge >= 0.3 is 0 Å². The van der Waals surface area contributed by atoms with Gasteiger partial charge in [-0.3, -0.25) is 9.89 Å². The first-order chi connectivity index (χ1) is 13.8. The van der Waals surface area contributed by atoms with Crippen LogP contribution >= 0.6 is 24.0 Å². The molecule has 0 spiro atoms. The van der Waals surface area contributed by atoms with Crippen molar-refractivity contribution in [3.8, 4) is 5.75 Å². The number of ether oxygens (including phenoxy) is 2. The predicted molar refractivity (Wildman–Crippen MR) is 130 cm³/mol. The maximum atomic E-state index is 5.67. The topological polar surface area (TPSA) is 58.1 Å². The van der Waals surface area contributed by atoms with Crippen LogP contribution in [0.5, 0.6) is 5.75 Å². The fourth-order valence-electron chi connectivity index (χ4n) is 4.38. The monoisotopic (exact) mass is 516 g/mol. The molecule has 2 N–H and O–H groups in total. The molecule has 0 bridgehead atoms. The molecule has 1 saturated carbocycles. The number of morpholine rings is 1. The van der Waals surface area contributed by atoms with Crippen molar-refractivity contribution >= 4 is 29.9 Å². The number of benzene rings is 1. The number of guanidine groups is 1. The zero-order valence-electron chi connectivity index (χ0n) is 17.9. The van der Waals surface area contributed by atoms with E-state index >= 15 is 0 Å². The number of hydrogen-bond donors (Lipinski definition) is 2. The lowest BCUT2D eigenvalue weighted by Crippen LogP contribution is -2.45. The van der Waals surface area contributed by atoms with E-state index in [1.807, 2.05) is 6.07 Å². The summed E-state index contributed by atoms with van der Waals surface area (Å²) in [6, 6.07) is 8.46. The van der Waals surface area contributed by atoms with Crippen molar-refractivity contribution in [2.45, 2.75) is 38.0 Å². The minimum absolute atomic E-state index is 0. The standard InChI is InChI=1S/C22H36N4O2.HI/c1-3-23-21(24-12-13-26-14-16-28-17-15-26)25-18-22(10-6-7-11-22)19-8-4-5-9-20(19)27-2;/h4-5,8-9H,3,6-7,10-18H2,1-2H3,(H2,23,24,25);1H. The molecule has 2 fully saturated rings. The number of aliphatic imine (C=N–C) groups is 1. The molecule has 29 heavy (non-hydrogen) atoms. The van der Waals surface area contributed by atoms with Crippen molar-refractivity contribution in [1.82, 2.24) is 15.5 Å². The van der Waals surface area contributed by atoms with Gasteiger partial charge in [-0.15, -0.1) is 24.0 Å². The van der Waals surface area contributed by atoms with Gasteiger partial charge in [-0.2, -0.15) is 0 Å². The van der Waals surface area contributed by atoms with Crippen LogP contribution in [0.4, 0.5) is 0 Å². The lowest BCUT2D eigenvalue weighted by Gasteiger charge is -2.30. The van der Waals surface area contributed by atoms with Crippen LogP contribution in [0.1, 0.15) is 38.2 Å². The SMILES string of the molecule is CCNC(=NCC1(c2ccccc2OC)CCCC1)NCCN1CCOCC1.I. The molecule has 6 nitrogen and oxygen atoms in total. The summed E-state index contributed by atoms with van der Waals surface area (Å²) in [6.07, 6.45) is 4.86. The zero-order valence-corrected chi connectivity index (χ0v) is 20.2. The van der Waals surface area contributed by atoms with Crippen LogP contribution in [-0.2, 0) is 10.2 Å². The first kappa shape index (κ1) is 24.2. The molecule has 1 aromatic rings. The molecule has 1 aliphatic carbocycles. The van der Waals surface area contributed by atoms with E-state index in [1.165, 1.54) is 31.2 Å². The molecule has 0 aromatic heterocycles. The molecular formula is C22H37IN4O2. The lowest BCUT2D eigenvalue weighted by atomic mass is 9.78. The minimum atomic E-state index is 0. The van der Waals surface area contributed by atoms with Crippen LogP contribution in [0.3, 0.4) is 0 Å². The van der Waals surface area contributed by atoms with Gasteiger partial charge in [-0.25, -0.2) is 0 Å². The summed E-state index contributed by atoms with van der Waals surface area (Å²) in [5.41, 5.74) is 1.39. The van der Waals surface area contributed by atoms with Crippen LogP contribution in [0.2, 0.25) is 0 Å². The molecule has 1 heterocycles. The van der Waals surface area contributed by atoms with E-state index in [4.69, 9.17) is 14.5 Å². The van der Waals surface area contributed by atoms with Gasteiger partial charge in [0.2, 0.25) is 0 Å². The summed E-state index contributed by atoms with van der Waals surface area (Å²) in [5.74, 6) is 1.90. The zero-order chi connectivity index (χ0) is 19.7. The lowest BCUT2D eigenvalue weighted by molar-refractivity contribution is 0.0389. The Labute approximate surface area is 192 Å². The third-order valence-corrected chi connectivity index (χ3v) is 5.95. The molecule has 1 aliphatic heterocycles. The quantitative estimate of drug-likeness (QED) is 0.316. The summed E-state index contributed by atoms with van der Waals surface area (Å²) in [7, 11) is 1.77. The van der Waals surface area contributed by atoms with Crippen LogP contribution < -0.4 is 15.4 Å². The molecule has 2 aliphatic rings. The molecule has 3 rings (SSSR count). The Morgan fingerprint density at radius 1 is 1.17 bits per heavy atom. The van der Waals surface area contributed by atoms with Crippen molar-refractivity contribution in [3.63, 3.8) is 0 Å². The third kappa shape index (κ3) is 6.72. The average molecular weight is 516 g/mol. The van der Waals surface area contributed by atoms with Gasteiger partial charge in [0, 0.05) is 43.7 Å². The van der Waals surface area contributed by atoms with Crippen LogP contribution in [0.25, 0.3) is 0 Å². The van der Waals surface area contributed by atoms with E-state index in [2.05, 4.69) is 40.7 Å². The van der Waals surface area contributed by atoms with Crippen LogP contribution in [0, 0.1) is 0 Å². The Hall–Kier alpha value is -1.06. The number of hydrogen-bond acceptors (Lipinski definition) is 4. The Balaban J connectivity index is 0.00000300. The summed E-state index contributed by atoms with van der Waals surface area (Å²) >= 11 is 0. The maximum absolute atomic E-state index is 5.67. The van der Waals surface area contributed by atoms with Crippen LogP contribution in [0.15, 0.2) is 29.3 Å². The van der Waals surface area contributed by atoms with Gasteiger partial charge in [0.05, 0.1) is 26.9 Å². The molecule has 1 saturated heterocycles. The first-order valence-corrected chi connectivity index (χ1v) is 10.7. The fourth-order valence-corrected chi connectivity index (χ4v) is 4.38. The third-order valence-electron chi connectivity index (χ3n) is 5.95. The van der Waals surface area contributed by atoms with E-state index < -0.39 is 0 Å². The summed E-state index contributed by atoms with van der Waals surface area (Å²) in [6.45, 7) is 9.42. The molecular weight excluding hydrogens is 479 g/mol. The van der Waals surface area contributed by atoms with E-state index in [0.717, 1.165) is 64.2 Å². The normalized spacial score (nSPS) is 19.4. The second-order valence-electron chi connectivity index (χ2n) is 7.76. The molecule has 0 amide bonds. The van der Waals surface area contributed by atoms with E-state index in [9.17, 15) is 0 Å². The molecule has 0 unspecified atom stereocenters. The second kappa shape index (κ2) is 12.6. The highest BCUT2D eigenvalue weighted by Gasteiger charge is 2.37. The average Bonchev–Trinajstić information content (AvgIpc) is 3.23. The fraction of sp³-hybridized carbons (Fsp3) is 0.682. The van der Waals surface area contributed by atoms with Gasteiger partial charge in [0.15, 0.2) is 5.96 Å². The van der Waals surface area contributed by atoms with E-state index in [0.29, 0.717) is 0 Å². The number of halogens is 1. The second-order valence-corrected chi connectivity index (χ2v) is 7.76. The highest BCUT2D eigenvalue weighted by atomic mass is 127. The highest BCUT2D eigenvalue weighted by Crippen LogP contribution is 2.44. The molecule has 7 heteroatoms. The number of nitrogens with zero attached hydrogens (tertiary/aromatic N) is 2. The predicted octanol–water partition coefficient (Wildman–Crippen LogP) is 3.01. The first-order valence-electron chi connectivity index (χ1n) is 10.7. The number of rotatable bonds is 8. The Kier molecular flexibility index (Phi) is 10.5. The number of methoxy groups -OCH3 is 1. The Bertz CT molecular complexity index is 629. The summed E-state index contributed by atoms with van der Waals surface area (Å²) < 4.78 is 11.1. The van der Waals surface area contributed by atoms with Crippen molar-refractivity contribution < 1.29 is 9.47 Å². The van der Waals surface area contributed by atoms with Gasteiger partial charge in [0.25, 0.3) is 0 Å². The molecule has 1 aromatic carbocycles. The van der Waals surface area contributed by atoms with Gasteiger partial charge in [-0.1, -0.05) is 31.0 Å². The number of nitrogens with one attached hydrogen (secondary N) is 2. The largest absolute Gasteiger partial charge is 0.496 e. The Morgan fingerprint density at radius 2 is 1.90 bits per heavy atom. The van der Waals surface area contributed by atoms with E-state index in [1.54, 1.807) is 7.11 Å². The summed E-state index contributed by atoms with van der Waals surface area (Å²) in [4.78, 5) is 7.44. The van der Waals surface area contributed by atoms with Gasteiger partial charge < -0.3 is 20.1 Å². The number of para-hydroxylation sites is 1. The van der Waals surface area contributed by atoms with Crippen molar-refractivity contribution in [1.29, 1.82) is 0 Å². The van der Waals surface area contributed by atoms with Crippen molar-refractivity contribution in [3.05, 3.63) is 29.8 Å². The van der Waals surface area contributed by atoms with Crippen molar-refractivity contribution in [2.24, 2.45) is 4.99 Å². The summed E-state index contributed by atoms with van der Waals surface area (Å²) in [5, 5.41) is 6.92. The van der Waals surface area contributed by atoms with Gasteiger partial charge in [0.1, 0.15) is 5.75 Å². The Morgan fingerprint density at radius 3 is 2.59 bits per heavy atom.